The number of nitriles is 1. The minimum Gasteiger partial charge on any atom is -0.444 e. The molecule has 7 nitrogen and oxygen atoms in total. The van der Waals surface area contributed by atoms with E-state index in [1.165, 1.54) is 16.7 Å². The Morgan fingerprint density at radius 3 is 2.70 bits per heavy atom. The van der Waals surface area contributed by atoms with Crippen molar-refractivity contribution in [2.75, 3.05) is 0 Å². The summed E-state index contributed by atoms with van der Waals surface area (Å²) in [5, 5.41) is 12.1. The largest absolute Gasteiger partial charge is 0.444 e. The molecular formula is C24H22ClFN4O3. The molecule has 1 atom stereocenters. The number of hydrogen-bond donors (Lipinski definition) is 1. The summed E-state index contributed by atoms with van der Waals surface area (Å²) in [5.41, 5.74) is -0.799. The second-order valence-electron chi connectivity index (χ2n) is 8.99. The zero-order valence-corrected chi connectivity index (χ0v) is 19.1. The van der Waals surface area contributed by atoms with E-state index in [1.807, 2.05) is 6.07 Å². The van der Waals surface area contributed by atoms with E-state index in [2.05, 4.69) is 10.3 Å². The third-order valence-corrected chi connectivity index (χ3v) is 5.54. The molecule has 1 saturated carbocycles. The zero-order valence-electron chi connectivity index (χ0n) is 18.4. The summed E-state index contributed by atoms with van der Waals surface area (Å²) in [6.45, 7) is 5.23. The van der Waals surface area contributed by atoms with Gasteiger partial charge in [0.15, 0.2) is 0 Å². The van der Waals surface area contributed by atoms with Crippen molar-refractivity contribution in [3.8, 4) is 11.8 Å². The van der Waals surface area contributed by atoms with Gasteiger partial charge in [0.1, 0.15) is 22.8 Å². The van der Waals surface area contributed by atoms with Crippen LogP contribution in [0.5, 0.6) is 0 Å². The van der Waals surface area contributed by atoms with Gasteiger partial charge in [-0.05, 0) is 69.9 Å². The fourth-order valence-corrected chi connectivity index (χ4v) is 3.90. The summed E-state index contributed by atoms with van der Waals surface area (Å²) in [4.78, 5) is 30.7. The summed E-state index contributed by atoms with van der Waals surface area (Å²) >= 11 is 6.25. The van der Waals surface area contributed by atoms with Crippen LogP contribution < -0.4 is 10.9 Å². The molecule has 4 rings (SSSR count). The molecule has 1 heterocycles. The van der Waals surface area contributed by atoms with Crippen LogP contribution in [0.2, 0.25) is 5.02 Å². The minimum absolute atomic E-state index is 0.00508. The van der Waals surface area contributed by atoms with Gasteiger partial charge in [0.2, 0.25) is 0 Å². The summed E-state index contributed by atoms with van der Waals surface area (Å²) in [5.74, 6) is -0.552. The van der Waals surface area contributed by atoms with E-state index in [0.29, 0.717) is 11.3 Å². The number of benzene rings is 2. The van der Waals surface area contributed by atoms with Gasteiger partial charge in [-0.15, -0.1) is 0 Å². The molecule has 0 saturated heterocycles. The number of amides is 1. The van der Waals surface area contributed by atoms with Crippen molar-refractivity contribution in [1.82, 2.24) is 14.9 Å². The Morgan fingerprint density at radius 2 is 2.06 bits per heavy atom. The third-order valence-electron chi connectivity index (χ3n) is 5.23. The Balaban J connectivity index is 1.97. The van der Waals surface area contributed by atoms with Gasteiger partial charge in [-0.25, -0.2) is 14.2 Å². The molecule has 2 aromatic carbocycles. The topological polar surface area (TPSA) is 97.0 Å². The smallest absolute Gasteiger partial charge is 0.408 e. The second kappa shape index (κ2) is 8.49. The quantitative estimate of drug-likeness (QED) is 0.579. The highest BCUT2D eigenvalue weighted by atomic mass is 35.5. The first-order valence-electron chi connectivity index (χ1n) is 10.5. The van der Waals surface area contributed by atoms with Crippen molar-refractivity contribution >= 4 is 28.6 Å². The van der Waals surface area contributed by atoms with Crippen molar-refractivity contribution in [2.45, 2.75) is 45.3 Å². The molecule has 9 heteroatoms. The van der Waals surface area contributed by atoms with Crippen LogP contribution in [-0.4, -0.2) is 21.2 Å². The van der Waals surface area contributed by atoms with Gasteiger partial charge >= 0.3 is 6.09 Å². The van der Waals surface area contributed by atoms with Crippen LogP contribution in [0, 0.1) is 23.1 Å². The minimum atomic E-state index is -0.727. The number of carbonyl (C=O) groups excluding carboxylic acids is 1. The second-order valence-corrected chi connectivity index (χ2v) is 9.39. The number of ether oxygens (including phenoxy) is 1. The molecule has 1 fully saturated rings. The number of halogens is 2. The molecule has 1 aromatic heterocycles. The first kappa shape index (κ1) is 22.7. The standard InChI is InChI=1S/C24H22ClFN4O3/c1-24(2,3)33-23(32)29-19(14-7-8-14)21-28-20-17(26)10-9-16(25)18(20)22(31)30(21)15-6-4-5-13(11-15)12-27/h4-6,9-11,14,19H,7-8H2,1-3H3,(H,29,32). The van der Waals surface area contributed by atoms with Crippen LogP contribution in [-0.2, 0) is 4.74 Å². The molecule has 0 aliphatic heterocycles. The lowest BCUT2D eigenvalue weighted by Crippen LogP contribution is -2.39. The van der Waals surface area contributed by atoms with Gasteiger partial charge in [-0.3, -0.25) is 9.36 Å². The average molecular weight is 469 g/mol. The van der Waals surface area contributed by atoms with E-state index in [-0.39, 0.29) is 27.7 Å². The van der Waals surface area contributed by atoms with Crippen LogP contribution in [0.25, 0.3) is 16.6 Å². The lowest BCUT2D eigenvalue weighted by molar-refractivity contribution is 0.0493. The molecule has 0 bridgehead atoms. The van der Waals surface area contributed by atoms with Crippen LogP contribution in [0.3, 0.4) is 0 Å². The predicted molar refractivity (Wildman–Crippen MR) is 122 cm³/mol. The Hall–Kier alpha value is -3.44. The van der Waals surface area contributed by atoms with Gasteiger partial charge in [-0.2, -0.15) is 5.26 Å². The summed E-state index contributed by atoms with van der Waals surface area (Å²) in [7, 11) is 0. The Kier molecular flexibility index (Phi) is 5.85. The Morgan fingerprint density at radius 1 is 1.33 bits per heavy atom. The van der Waals surface area contributed by atoms with Gasteiger partial charge in [0, 0.05) is 0 Å². The van der Waals surface area contributed by atoms with Crippen LogP contribution in [0.1, 0.15) is 51.0 Å². The van der Waals surface area contributed by atoms with E-state index in [4.69, 9.17) is 16.3 Å². The van der Waals surface area contributed by atoms with E-state index >= 15 is 0 Å². The number of rotatable bonds is 4. The van der Waals surface area contributed by atoms with Crippen molar-refractivity contribution < 1.29 is 13.9 Å². The van der Waals surface area contributed by atoms with Gasteiger partial charge in [0.25, 0.3) is 5.56 Å². The van der Waals surface area contributed by atoms with Gasteiger partial charge in [0.05, 0.1) is 33.8 Å². The van der Waals surface area contributed by atoms with E-state index in [1.54, 1.807) is 39.0 Å². The summed E-state index contributed by atoms with van der Waals surface area (Å²) in [6.07, 6.45) is 0.924. The van der Waals surface area contributed by atoms with Crippen LogP contribution in [0.15, 0.2) is 41.2 Å². The monoisotopic (exact) mass is 468 g/mol. The average Bonchev–Trinajstić information content (AvgIpc) is 3.58. The van der Waals surface area contributed by atoms with Crippen molar-refractivity contribution in [1.29, 1.82) is 5.26 Å². The molecule has 1 unspecified atom stereocenters. The van der Waals surface area contributed by atoms with Crippen molar-refractivity contribution in [2.24, 2.45) is 5.92 Å². The first-order chi connectivity index (χ1) is 15.6. The first-order valence-corrected chi connectivity index (χ1v) is 10.9. The lowest BCUT2D eigenvalue weighted by Gasteiger charge is -2.25. The maximum atomic E-state index is 14.7. The maximum absolute atomic E-state index is 14.7. The number of nitrogens with zero attached hydrogens (tertiary/aromatic N) is 3. The molecule has 33 heavy (non-hydrogen) atoms. The molecule has 1 N–H and O–H groups in total. The normalized spacial score (nSPS) is 14.5. The number of carbonyl (C=O) groups is 1. The SMILES string of the molecule is CC(C)(C)OC(=O)NC(c1nc2c(F)ccc(Cl)c2c(=O)n1-c1cccc(C#N)c1)C1CC1. The number of alkyl carbamates (subject to hydrolysis) is 1. The lowest BCUT2D eigenvalue weighted by atomic mass is 10.1. The fraction of sp³-hybridized carbons (Fsp3) is 0.333. The van der Waals surface area contributed by atoms with Crippen molar-refractivity contribution in [3.05, 3.63) is 69.0 Å². The summed E-state index contributed by atoms with van der Waals surface area (Å²) in [6, 6.07) is 10.2. The number of fused-ring (bicyclic) bond motifs is 1. The van der Waals surface area contributed by atoms with Gasteiger partial charge in [-0.1, -0.05) is 17.7 Å². The molecule has 1 aliphatic rings. The molecule has 3 aromatic rings. The fourth-order valence-electron chi connectivity index (χ4n) is 3.66. The molecule has 0 spiro atoms. The Labute approximate surface area is 194 Å². The third kappa shape index (κ3) is 4.69. The van der Waals surface area contributed by atoms with Crippen LogP contribution in [0.4, 0.5) is 9.18 Å². The van der Waals surface area contributed by atoms with Crippen molar-refractivity contribution in [3.63, 3.8) is 0 Å². The highest BCUT2D eigenvalue weighted by Gasteiger charge is 2.38. The van der Waals surface area contributed by atoms with Crippen LogP contribution >= 0.6 is 11.6 Å². The number of hydrogen-bond acceptors (Lipinski definition) is 5. The molecule has 1 amide bonds. The highest BCUT2D eigenvalue weighted by molar-refractivity contribution is 6.35. The van der Waals surface area contributed by atoms with E-state index < -0.39 is 29.1 Å². The molecule has 0 radical (unpaired) electrons. The molecule has 170 valence electrons. The maximum Gasteiger partial charge on any atom is 0.408 e. The van der Waals surface area contributed by atoms with Gasteiger partial charge < -0.3 is 10.1 Å². The number of nitrogens with one attached hydrogen (secondary N) is 1. The summed E-state index contributed by atoms with van der Waals surface area (Å²) < 4.78 is 21.4. The zero-order chi connectivity index (χ0) is 23.9. The molecule has 1 aliphatic carbocycles. The van der Waals surface area contributed by atoms with E-state index in [0.717, 1.165) is 18.9 Å². The molecular weight excluding hydrogens is 447 g/mol. The number of aromatic nitrogens is 2. The highest BCUT2D eigenvalue weighted by Crippen LogP contribution is 2.41. The van der Waals surface area contributed by atoms with E-state index in [9.17, 15) is 19.2 Å². The Bertz CT molecular complexity index is 1350. The predicted octanol–water partition coefficient (Wildman–Crippen LogP) is 5.03.